The molecule has 2 aliphatic heterocycles. The number of nitrogens with zero attached hydrogens (tertiary/aromatic N) is 1. The summed E-state index contributed by atoms with van der Waals surface area (Å²) in [5.41, 5.74) is 1.24. The number of benzene rings is 1. The summed E-state index contributed by atoms with van der Waals surface area (Å²) in [7, 11) is 0. The molecule has 0 radical (unpaired) electrons. The number of thiophene rings is 1. The van der Waals surface area contributed by atoms with Crippen molar-refractivity contribution >= 4 is 27.3 Å². The van der Waals surface area contributed by atoms with Crippen LogP contribution in [0.5, 0.6) is 0 Å². The third kappa shape index (κ3) is 4.24. The average molecular weight is 402 g/mol. The summed E-state index contributed by atoms with van der Waals surface area (Å²) in [6.07, 6.45) is 5.84. The Kier molecular flexibility index (Phi) is 6.29. The Balaban J connectivity index is 1.57. The van der Waals surface area contributed by atoms with E-state index in [9.17, 15) is 4.79 Å². The second kappa shape index (κ2) is 9.07. The first kappa shape index (κ1) is 19.4. The average Bonchev–Trinajstić information content (AvgIpc) is 3.40. The number of hydrogen-bond donors (Lipinski definition) is 1. The minimum Gasteiger partial charge on any atom is -0.459 e. The van der Waals surface area contributed by atoms with Gasteiger partial charge in [0.1, 0.15) is 0 Å². The molecule has 2 aromatic rings. The molecule has 0 saturated carbocycles. The molecule has 1 N–H and O–H groups in total. The number of hydrogen-bond acceptors (Lipinski definition) is 5. The van der Waals surface area contributed by atoms with E-state index in [-0.39, 0.29) is 18.4 Å². The van der Waals surface area contributed by atoms with Gasteiger partial charge in [-0.25, -0.2) is 0 Å². The van der Waals surface area contributed by atoms with E-state index in [2.05, 4.69) is 29.6 Å². The van der Waals surface area contributed by atoms with Crippen molar-refractivity contribution in [2.45, 2.75) is 44.3 Å². The fourth-order valence-electron chi connectivity index (χ4n) is 3.92. The Bertz CT molecular complexity index is 840. The van der Waals surface area contributed by atoms with E-state index >= 15 is 0 Å². The predicted molar refractivity (Wildman–Crippen MR) is 110 cm³/mol. The van der Waals surface area contributed by atoms with Gasteiger partial charge in [0.05, 0.1) is 6.61 Å². The molecule has 3 heterocycles. The second-order valence-electron chi connectivity index (χ2n) is 7.41. The molecule has 1 aromatic carbocycles. The highest BCUT2D eigenvalue weighted by molar-refractivity contribution is 7.17. The standard InChI is InChI=1S/C22H27NO4S/c24-11-5-6-12-26-21-14-16(18-15-28-20-8-2-1-7-17(18)20)13-19(27-21)22(25)23-9-3-4-10-23/h1-2,7-8,13,15-16,21,24H,3-6,9-12,14H2/t16-,21+/m1/s1. The van der Waals surface area contributed by atoms with Crippen LogP contribution in [0.2, 0.25) is 0 Å². The van der Waals surface area contributed by atoms with Crippen LogP contribution in [0.3, 0.4) is 0 Å². The molecule has 2 atom stereocenters. The molecule has 0 unspecified atom stereocenters. The van der Waals surface area contributed by atoms with Crippen molar-refractivity contribution in [2.24, 2.45) is 0 Å². The van der Waals surface area contributed by atoms with Gasteiger partial charge in [0, 0.05) is 36.7 Å². The first-order valence-corrected chi connectivity index (χ1v) is 11.0. The van der Waals surface area contributed by atoms with E-state index in [0.29, 0.717) is 25.2 Å². The van der Waals surface area contributed by atoms with Crippen molar-refractivity contribution in [1.82, 2.24) is 4.90 Å². The van der Waals surface area contributed by atoms with Gasteiger partial charge in [-0.05, 0) is 54.2 Å². The van der Waals surface area contributed by atoms with Crippen LogP contribution < -0.4 is 0 Å². The van der Waals surface area contributed by atoms with E-state index in [1.807, 2.05) is 11.0 Å². The Morgan fingerprint density at radius 1 is 1.25 bits per heavy atom. The minimum absolute atomic E-state index is 0.0225. The Morgan fingerprint density at radius 3 is 2.89 bits per heavy atom. The zero-order chi connectivity index (χ0) is 19.3. The Morgan fingerprint density at radius 2 is 2.07 bits per heavy atom. The van der Waals surface area contributed by atoms with Crippen LogP contribution in [0.15, 0.2) is 41.5 Å². The summed E-state index contributed by atoms with van der Waals surface area (Å²) in [5, 5.41) is 12.4. The number of carbonyl (C=O) groups excluding carboxylic acids is 1. The van der Waals surface area contributed by atoms with Crippen molar-refractivity contribution in [3.05, 3.63) is 47.0 Å². The van der Waals surface area contributed by atoms with Gasteiger partial charge in [0.2, 0.25) is 6.29 Å². The van der Waals surface area contributed by atoms with Crippen molar-refractivity contribution in [1.29, 1.82) is 0 Å². The molecule has 1 amide bonds. The van der Waals surface area contributed by atoms with Crippen LogP contribution in [-0.4, -0.2) is 48.5 Å². The van der Waals surface area contributed by atoms with Crippen molar-refractivity contribution in [2.75, 3.05) is 26.3 Å². The lowest BCUT2D eigenvalue weighted by molar-refractivity contribution is -0.152. The van der Waals surface area contributed by atoms with E-state index in [4.69, 9.17) is 14.6 Å². The molecule has 2 aliphatic rings. The third-order valence-electron chi connectivity index (χ3n) is 5.43. The fraction of sp³-hybridized carbons (Fsp3) is 0.500. The number of aliphatic hydroxyl groups excluding tert-OH is 1. The minimum atomic E-state index is -0.436. The molecule has 0 aliphatic carbocycles. The lowest BCUT2D eigenvalue weighted by Gasteiger charge is -2.30. The zero-order valence-corrected chi connectivity index (χ0v) is 16.8. The monoisotopic (exact) mass is 401 g/mol. The number of ether oxygens (including phenoxy) is 2. The molecular weight excluding hydrogens is 374 g/mol. The molecule has 5 nitrogen and oxygen atoms in total. The van der Waals surface area contributed by atoms with Crippen LogP contribution in [0.4, 0.5) is 0 Å². The highest BCUT2D eigenvalue weighted by Gasteiger charge is 2.32. The van der Waals surface area contributed by atoms with E-state index < -0.39 is 6.29 Å². The van der Waals surface area contributed by atoms with Crippen LogP contribution in [0, 0.1) is 0 Å². The predicted octanol–water partition coefficient (Wildman–Crippen LogP) is 4.03. The Labute approximate surface area is 169 Å². The lowest BCUT2D eigenvalue weighted by Crippen LogP contribution is -2.34. The first-order valence-electron chi connectivity index (χ1n) is 10.1. The molecule has 4 rings (SSSR count). The maximum atomic E-state index is 12.9. The maximum Gasteiger partial charge on any atom is 0.288 e. The number of allylic oxidation sites excluding steroid dienone is 1. The topological polar surface area (TPSA) is 59.0 Å². The summed E-state index contributed by atoms with van der Waals surface area (Å²) in [5.74, 6) is 0.487. The van der Waals surface area contributed by atoms with E-state index in [1.165, 1.54) is 15.6 Å². The van der Waals surface area contributed by atoms with Crippen LogP contribution >= 0.6 is 11.3 Å². The molecule has 1 fully saturated rings. The molecule has 0 bridgehead atoms. The van der Waals surface area contributed by atoms with E-state index in [0.717, 1.165) is 32.4 Å². The van der Waals surface area contributed by atoms with Crippen LogP contribution in [0.1, 0.15) is 43.6 Å². The number of likely N-dealkylation sites (tertiary alicyclic amines) is 1. The molecule has 0 spiro atoms. The Hall–Kier alpha value is -1.89. The number of carbonyl (C=O) groups is 1. The van der Waals surface area contributed by atoms with Crippen LogP contribution in [-0.2, 0) is 14.3 Å². The largest absolute Gasteiger partial charge is 0.459 e. The van der Waals surface area contributed by atoms with Gasteiger partial charge < -0.3 is 19.5 Å². The fourth-order valence-corrected chi connectivity index (χ4v) is 4.94. The molecule has 28 heavy (non-hydrogen) atoms. The quantitative estimate of drug-likeness (QED) is 0.712. The third-order valence-corrected chi connectivity index (χ3v) is 6.41. The molecular formula is C22H27NO4S. The zero-order valence-electron chi connectivity index (χ0n) is 16.0. The van der Waals surface area contributed by atoms with Crippen molar-refractivity contribution < 1.29 is 19.4 Å². The normalized spacial score (nSPS) is 22.3. The number of fused-ring (bicyclic) bond motifs is 1. The summed E-state index contributed by atoms with van der Waals surface area (Å²) in [4.78, 5) is 14.8. The van der Waals surface area contributed by atoms with Crippen LogP contribution in [0.25, 0.3) is 10.1 Å². The SMILES string of the molecule is O=C(C1=C[C@@H](c2csc3ccccc23)C[C@@H](OCCCCO)O1)N1CCCC1. The smallest absolute Gasteiger partial charge is 0.288 e. The second-order valence-corrected chi connectivity index (χ2v) is 8.32. The number of unbranched alkanes of at least 4 members (excludes halogenated alkanes) is 1. The molecule has 1 saturated heterocycles. The van der Waals surface area contributed by atoms with Gasteiger partial charge >= 0.3 is 0 Å². The lowest BCUT2D eigenvalue weighted by atomic mass is 9.92. The van der Waals surface area contributed by atoms with Gasteiger partial charge in [-0.1, -0.05) is 18.2 Å². The van der Waals surface area contributed by atoms with Crippen molar-refractivity contribution in [3.8, 4) is 0 Å². The molecule has 6 heteroatoms. The van der Waals surface area contributed by atoms with Gasteiger partial charge in [-0.3, -0.25) is 4.79 Å². The molecule has 150 valence electrons. The summed E-state index contributed by atoms with van der Waals surface area (Å²) in [6.45, 7) is 2.28. The molecule has 1 aromatic heterocycles. The van der Waals surface area contributed by atoms with Gasteiger partial charge in [-0.2, -0.15) is 0 Å². The summed E-state index contributed by atoms with van der Waals surface area (Å²) >= 11 is 1.73. The number of amides is 1. The first-order chi connectivity index (χ1) is 13.8. The van der Waals surface area contributed by atoms with Crippen molar-refractivity contribution in [3.63, 3.8) is 0 Å². The number of rotatable bonds is 7. The number of aliphatic hydroxyl groups is 1. The summed E-state index contributed by atoms with van der Waals surface area (Å²) in [6, 6.07) is 8.38. The highest BCUT2D eigenvalue weighted by atomic mass is 32.1. The van der Waals surface area contributed by atoms with Gasteiger partial charge in [-0.15, -0.1) is 11.3 Å². The van der Waals surface area contributed by atoms with Gasteiger partial charge in [0.25, 0.3) is 5.91 Å². The highest BCUT2D eigenvalue weighted by Crippen LogP contribution is 2.38. The van der Waals surface area contributed by atoms with Gasteiger partial charge in [0.15, 0.2) is 5.76 Å². The maximum absolute atomic E-state index is 12.9. The summed E-state index contributed by atoms with van der Waals surface area (Å²) < 4.78 is 13.2. The van der Waals surface area contributed by atoms with E-state index in [1.54, 1.807) is 11.3 Å².